The Hall–Kier alpha value is -2.50. The lowest BCUT2D eigenvalue weighted by atomic mass is 10.2. The first-order valence-corrected chi connectivity index (χ1v) is 6.12. The van der Waals surface area contributed by atoms with Gasteiger partial charge in [0.25, 0.3) is 0 Å². The number of carbonyl (C=O) groups is 2. The SMILES string of the molecule is CC(=O)Oc1cc(OC(C)C)c2cc(C(=O)O)[nH]c2c1. The first kappa shape index (κ1) is 13.9. The van der Waals surface area contributed by atoms with Crippen molar-refractivity contribution < 1.29 is 24.2 Å². The average Bonchev–Trinajstić information content (AvgIpc) is 2.71. The zero-order valence-electron chi connectivity index (χ0n) is 11.4. The number of aromatic carboxylic acids is 1. The lowest BCUT2D eigenvalue weighted by Gasteiger charge is -2.12. The Morgan fingerprint density at radius 2 is 1.95 bits per heavy atom. The number of nitrogens with one attached hydrogen (secondary N) is 1. The van der Waals surface area contributed by atoms with Gasteiger partial charge in [-0.25, -0.2) is 4.79 Å². The van der Waals surface area contributed by atoms with Crippen molar-refractivity contribution in [1.82, 2.24) is 4.98 Å². The van der Waals surface area contributed by atoms with Crippen molar-refractivity contribution >= 4 is 22.8 Å². The summed E-state index contributed by atoms with van der Waals surface area (Å²) in [6, 6.07) is 4.63. The molecule has 1 aromatic heterocycles. The average molecular weight is 277 g/mol. The summed E-state index contributed by atoms with van der Waals surface area (Å²) in [7, 11) is 0. The molecule has 0 radical (unpaired) electrons. The number of esters is 1. The summed E-state index contributed by atoms with van der Waals surface area (Å²) in [5.74, 6) is -0.743. The second-order valence-corrected chi connectivity index (χ2v) is 4.63. The van der Waals surface area contributed by atoms with Crippen LogP contribution in [-0.2, 0) is 4.79 Å². The Labute approximate surface area is 115 Å². The monoisotopic (exact) mass is 277 g/mol. The van der Waals surface area contributed by atoms with E-state index in [9.17, 15) is 9.59 Å². The predicted octanol–water partition coefficient (Wildman–Crippen LogP) is 2.58. The molecule has 1 heterocycles. The fourth-order valence-corrected chi connectivity index (χ4v) is 1.87. The van der Waals surface area contributed by atoms with Crippen molar-refractivity contribution in [2.45, 2.75) is 26.9 Å². The molecule has 6 nitrogen and oxygen atoms in total. The van der Waals surface area contributed by atoms with Crippen LogP contribution >= 0.6 is 0 Å². The van der Waals surface area contributed by atoms with Crippen molar-refractivity contribution in [2.24, 2.45) is 0 Å². The third kappa shape index (κ3) is 2.90. The van der Waals surface area contributed by atoms with Crippen LogP contribution in [0.3, 0.4) is 0 Å². The van der Waals surface area contributed by atoms with Crippen LogP contribution in [0.25, 0.3) is 10.9 Å². The minimum absolute atomic E-state index is 0.0496. The molecule has 0 atom stereocenters. The highest BCUT2D eigenvalue weighted by molar-refractivity contribution is 5.97. The molecular weight excluding hydrogens is 262 g/mol. The van der Waals surface area contributed by atoms with E-state index in [1.165, 1.54) is 13.0 Å². The van der Waals surface area contributed by atoms with Crippen molar-refractivity contribution in [3.8, 4) is 11.5 Å². The van der Waals surface area contributed by atoms with E-state index in [0.717, 1.165) is 0 Å². The smallest absolute Gasteiger partial charge is 0.352 e. The van der Waals surface area contributed by atoms with Crippen LogP contribution < -0.4 is 9.47 Å². The summed E-state index contributed by atoms with van der Waals surface area (Å²) in [4.78, 5) is 24.8. The van der Waals surface area contributed by atoms with E-state index in [1.807, 2.05) is 13.8 Å². The van der Waals surface area contributed by atoms with Crippen LogP contribution in [0, 0.1) is 0 Å². The molecule has 2 rings (SSSR count). The molecule has 0 unspecified atom stereocenters. The standard InChI is InChI=1S/C14H15NO5/c1-7(2)19-13-5-9(20-8(3)16)4-11-10(13)6-12(15-11)14(17)18/h4-7,15H,1-3H3,(H,17,18). The highest BCUT2D eigenvalue weighted by Crippen LogP contribution is 2.32. The maximum atomic E-state index is 11.0. The highest BCUT2D eigenvalue weighted by Gasteiger charge is 2.14. The van der Waals surface area contributed by atoms with Crippen LogP contribution in [0.2, 0.25) is 0 Å². The highest BCUT2D eigenvalue weighted by atomic mass is 16.5. The van der Waals surface area contributed by atoms with Crippen LogP contribution in [0.5, 0.6) is 11.5 Å². The predicted molar refractivity (Wildman–Crippen MR) is 72.3 cm³/mol. The largest absolute Gasteiger partial charge is 0.490 e. The molecule has 0 aliphatic carbocycles. The third-order valence-electron chi connectivity index (χ3n) is 2.53. The third-order valence-corrected chi connectivity index (χ3v) is 2.53. The van der Waals surface area contributed by atoms with Crippen LogP contribution in [-0.4, -0.2) is 28.1 Å². The lowest BCUT2D eigenvalue weighted by Crippen LogP contribution is -2.07. The van der Waals surface area contributed by atoms with Gasteiger partial charge >= 0.3 is 11.9 Å². The Morgan fingerprint density at radius 3 is 2.50 bits per heavy atom. The molecule has 0 saturated heterocycles. The molecule has 0 amide bonds. The molecule has 20 heavy (non-hydrogen) atoms. The van der Waals surface area contributed by atoms with E-state index >= 15 is 0 Å². The van der Waals surface area contributed by atoms with Gasteiger partial charge in [-0.2, -0.15) is 0 Å². The summed E-state index contributed by atoms with van der Waals surface area (Å²) in [5.41, 5.74) is 0.588. The molecule has 0 aliphatic rings. The Morgan fingerprint density at radius 1 is 1.25 bits per heavy atom. The molecule has 0 saturated carbocycles. The molecule has 2 aromatic rings. The van der Waals surface area contributed by atoms with E-state index in [-0.39, 0.29) is 11.8 Å². The zero-order chi connectivity index (χ0) is 14.9. The number of rotatable bonds is 4. The fourth-order valence-electron chi connectivity index (χ4n) is 1.87. The molecule has 0 spiro atoms. The topological polar surface area (TPSA) is 88.6 Å². The van der Waals surface area contributed by atoms with Gasteiger partial charge in [-0.05, 0) is 19.9 Å². The number of benzene rings is 1. The van der Waals surface area contributed by atoms with E-state index < -0.39 is 11.9 Å². The Balaban J connectivity index is 2.57. The number of aromatic nitrogens is 1. The molecule has 6 heteroatoms. The van der Waals surface area contributed by atoms with Gasteiger partial charge in [0.05, 0.1) is 11.6 Å². The van der Waals surface area contributed by atoms with Crippen molar-refractivity contribution in [3.05, 3.63) is 23.9 Å². The van der Waals surface area contributed by atoms with Crippen molar-refractivity contribution in [1.29, 1.82) is 0 Å². The van der Waals surface area contributed by atoms with Crippen molar-refractivity contribution in [2.75, 3.05) is 0 Å². The normalized spacial score (nSPS) is 10.8. The second-order valence-electron chi connectivity index (χ2n) is 4.63. The van der Waals surface area contributed by atoms with Crippen LogP contribution in [0.4, 0.5) is 0 Å². The van der Waals surface area contributed by atoms with E-state index in [2.05, 4.69) is 4.98 Å². The molecule has 106 valence electrons. The minimum Gasteiger partial charge on any atom is -0.490 e. The van der Waals surface area contributed by atoms with Gasteiger partial charge in [0.15, 0.2) is 0 Å². The molecule has 0 bridgehead atoms. The molecule has 1 aromatic carbocycles. The number of carboxylic acids is 1. The summed E-state index contributed by atoms with van der Waals surface area (Å²) in [6.07, 6.45) is -0.0889. The second kappa shape index (κ2) is 5.24. The van der Waals surface area contributed by atoms with E-state index in [4.69, 9.17) is 14.6 Å². The van der Waals surface area contributed by atoms with Crippen LogP contribution in [0.1, 0.15) is 31.3 Å². The number of ether oxygens (including phenoxy) is 2. The number of hydrogen-bond donors (Lipinski definition) is 2. The molecule has 0 fully saturated rings. The maximum absolute atomic E-state index is 11.0. The summed E-state index contributed by atoms with van der Waals surface area (Å²) in [5, 5.41) is 9.65. The van der Waals surface area contributed by atoms with Gasteiger partial charge < -0.3 is 19.6 Å². The number of hydrogen-bond acceptors (Lipinski definition) is 4. The molecule has 2 N–H and O–H groups in total. The van der Waals surface area contributed by atoms with Crippen molar-refractivity contribution in [3.63, 3.8) is 0 Å². The van der Waals surface area contributed by atoms with Gasteiger partial charge in [-0.15, -0.1) is 0 Å². The number of H-pyrrole nitrogens is 1. The quantitative estimate of drug-likeness (QED) is 0.662. The summed E-state index contributed by atoms with van der Waals surface area (Å²) in [6.45, 7) is 5.01. The first-order chi connectivity index (χ1) is 9.36. The van der Waals surface area contributed by atoms with Crippen LogP contribution in [0.15, 0.2) is 18.2 Å². The Kier molecular flexibility index (Phi) is 3.65. The lowest BCUT2D eigenvalue weighted by molar-refractivity contribution is -0.131. The van der Waals surface area contributed by atoms with Gasteiger partial charge in [-0.1, -0.05) is 0 Å². The molecular formula is C14H15NO5. The zero-order valence-corrected chi connectivity index (χ0v) is 11.4. The maximum Gasteiger partial charge on any atom is 0.352 e. The number of aromatic amines is 1. The Bertz CT molecular complexity index is 671. The summed E-state index contributed by atoms with van der Waals surface area (Å²) < 4.78 is 10.7. The van der Waals surface area contributed by atoms with Gasteiger partial charge in [0, 0.05) is 24.4 Å². The summed E-state index contributed by atoms with van der Waals surface area (Å²) >= 11 is 0. The minimum atomic E-state index is -1.06. The first-order valence-electron chi connectivity index (χ1n) is 6.12. The van der Waals surface area contributed by atoms with Gasteiger partial charge in [0.2, 0.25) is 0 Å². The fraction of sp³-hybridized carbons (Fsp3) is 0.286. The molecule has 0 aliphatic heterocycles. The van der Waals surface area contributed by atoms with E-state index in [0.29, 0.717) is 22.4 Å². The van der Waals surface area contributed by atoms with Gasteiger partial charge in [0.1, 0.15) is 17.2 Å². The van der Waals surface area contributed by atoms with Gasteiger partial charge in [-0.3, -0.25) is 4.79 Å². The number of carboxylic acid groups (broad SMARTS) is 1. The van der Waals surface area contributed by atoms with E-state index in [1.54, 1.807) is 12.1 Å². The number of carbonyl (C=O) groups excluding carboxylic acids is 1. The number of fused-ring (bicyclic) bond motifs is 1.